The number of nitrogens with zero attached hydrogens (tertiary/aromatic N) is 1. The molecule has 4 rings (SSSR count). The summed E-state index contributed by atoms with van der Waals surface area (Å²) in [7, 11) is 0. The van der Waals surface area contributed by atoms with Crippen LogP contribution in [0.1, 0.15) is 26.2 Å². The first-order valence-corrected chi connectivity index (χ1v) is 9.92. The van der Waals surface area contributed by atoms with Gasteiger partial charge in [0, 0.05) is 18.7 Å². The van der Waals surface area contributed by atoms with Gasteiger partial charge >= 0.3 is 0 Å². The van der Waals surface area contributed by atoms with Crippen LogP contribution in [-0.2, 0) is 4.79 Å². The number of carbonyl (C=O) groups excluding carboxylic acids is 1. The first-order chi connectivity index (χ1) is 14.5. The molecule has 1 aliphatic heterocycles. The topological polar surface area (TPSA) is 69.0 Å². The van der Waals surface area contributed by atoms with E-state index in [-0.39, 0.29) is 29.7 Å². The second-order valence-electron chi connectivity index (χ2n) is 7.36. The number of hydrogen-bond acceptors (Lipinski definition) is 5. The summed E-state index contributed by atoms with van der Waals surface area (Å²) in [6.45, 7) is 2.74. The molecular formula is C23H22FNO5. The van der Waals surface area contributed by atoms with E-state index >= 15 is 0 Å². The molecule has 1 fully saturated rings. The zero-order valence-corrected chi connectivity index (χ0v) is 16.6. The lowest BCUT2D eigenvalue weighted by molar-refractivity contribution is -0.136. The van der Waals surface area contributed by atoms with Gasteiger partial charge in [-0.1, -0.05) is 0 Å². The van der Waals surface area contributed by atoms with Crippen LogP contribution in [0.25, 0.3) is 11.0 Å². The summed E-state index contributed by atoms with van der Waals surface area (Å²) >= 11 is 0. The van der Waals surface area contributed by atoms with Gasteiger partial charge in [0.25, 0.3) is 5.91 Å². The summed E-state index contributed by atoms with van der Waals surface area (Å²) in [5, 5.41) is 0.318. The lowest BCUT2D eigenvalue weighted by atomic mass is 10.0. The molecule has 0 aliphatic carbocycles. The second-order valence-corrected chi connectivity index (χ2v) is 7.36. The highest BCUT2D eigenvalue weighted by atomic mass is 19.1. The Morgan fingerprint density at radius 3 is 2.70 bits per heavy atom. The molecule has 2 heterocycles. The summed E-state index contributed by atoms with van der Waals surface area (Å²) in [5.74, 6) is 0.321. The monoisotopic (exact) mass is 411 g/mol. The van der Waals surface area contributed by atoms with E-state index in [0.717, 1.165) is 25.8 Å². The van der Waals surface area contributed by atoms with E-state index in [0.29, 0.717) is 22.5 Å². The van der Waals surface area contributed by atoms with E-state index < -0.39 is 5.82 Å². The third-order valence-corrected chi connectivity index (χ3v) is 5.24. The fourth-order valence-corrected chi connectivity index (χ4v) is 3.58. The lowest BCUT2D eigenvalue weighted by Crippen LogP contribution is -2.44. The zero-order valence-electron chi connectivity index (χ0n) is 16.6. The number of carbonyl (C=O) groups is 1. The summed E-state index contributed by atoms with van der Waals surface area (Å²) in [5.41, 5.74) is -0.0342. The summed E-state index contributed by atoms with van der Waals surface area (Å²) in [6.07, 6.45) is 4.37. The summed E-state index contributed by atoms with van der Waals surface area (Å²) in [4.78, 5) is 26.9. The van der Waals surface area contributed by atoms with Crippen LogP contribution < -0.4 is 14.9 Å². The van der Waals surface area contributed by atoms with E-state index in [1.807, 2.05) is 11.8 Å². The molecule has 3 aromatic rings. The highest BCUT2D eigenvalue weighted by Gasteiger charge is 2.23. The molecule has 7 heteroatoms. The number of fused-ring (bicyclic) bond motifs is 1. The Labute approximate surface area is 172 Å². The summed E-state index contributed by atoms with van der Waals surface area (Å²) < 4.78 is 29.7. The number of ether oxygens (including phenoxy) is 2. The van der Waals surface area contributed by atoms with Crippen LogP contribution in [-0.4, -0.2) is 30.0 Å². The van der Waals surface area contributed by atoms with Gasteiger partial charge < -0.3 is 18.8 Å². The quantitative estimate of drug-likeness (QED) is 0.618. The molecule has 0 bridgehead atoms. The SMILES string of the molecule is C[C@@H]1CCCCN1C(=O)COc1ccc2c(=O)c(Oc3ccc(F)cc3)coc2c1. The first kappa shape index (κ1) is 19.9. The van der Waals surface area contributed by atoms with Crippen molar-refractivity contribution in [2.45, 2.75) is 32.2 Å². The molecule has 1 aromatic heterocycles. The fourth-order valence-electron chi connectivity index (χ4n) is 3.58. The van der Waals surface area contributed by atoms with Crippen molar-refractivity contribution in [1.82, 2.24) is 4.90 Å². The number of amides is 1. The highest BCUT2D eigenvalue weighted by molar-refractivity contribution is 5.80. The van der Waals surface area contributed by atoms with Gasteiger partial charge in [0.1, 0.15) is 29.2 Å². The number of likely N-dealkylation sites (tertiary alicyclic amines) is 1. The number of hydrogen-bond donors (Lipinski definition) is 0. The van der Waals surface area contributed by atoms with Crippen LogP contribution in [0.2, 0.25) is 0 Å². The maximum absolute atomic E-state index is 13.0. The second kappa shape index (κ2) is 8.57. The van der Waals surface area contributed by atoms with Crippen molar-refractivity contribution in [3.63, 3.8) is 0 Å². The van der Waals surface area contributed by atoms with Gasteiger partial charge in [-0.25, -0.2) is 4.39 Å². The molecule has 30 heavy (non-hydrogen) atoms. The molecule has 0 radical (unpaired) electrons. The molecule has 6 nitrogen and oxygen atoms in total. The minimum atomic E-state index is -0.395. The van der Waals surface area contributed by atoms with Gasteiger partial charge in [-0.2, -0.15) is 0 Å². The molecule has 0 N–H and O–H groups in total. The molecule has 156 valence electrons. The molecule has 0 saturated carbocycles. The van der Waals surface area contributed by atoms with E-state index in [1.54, 1.807) is 18.2 Å². The number of rotatable bonds is 5. The van der Waals surface area contributed by atoms with Crippen molar-refractivity contribution in [3.05, 3.63) is 64.8 Å². The molecule has 0 spiro atoms. The Hall–Kier alpha value is -3.35. The number of benzene rings is 2. The van der Waals surface area contributed by atoms with Crippen molar-refractivity contribution >= 4 is 16.9 Å². The Bertz CT molecular complexity index is 1110. The normalized spacial score (nSPS) is 16.5. The van der Waals surface area contributed by atoms with Gasteiger partial charge in [-0.15, -0.1) is 0 Å². The van der Waals surface area contributed by atoms with Gasteiger partial charge in [-0.3, -0.25) is 9.59 Å². The Morgan fingerprint density at radius 1 is 1.17 bits per heavy atom. The van der Waals surface area contributed by atoms with Crippen LogP contribution in [0, 0.1) is 5.82 Å². The van der Waals surface area contributed by atoms with E-state index in [2.05, 4.69) is 0 Å². The maximum atomic E-state index is 13.0. The highest BCUT2D eigenvalue weighted by Crippen LogP contribution is 2.24. The standard InChI is InChI=1S/C23H22FNO5/c1-15-4-2-3-11-25(15)22(26)14-28-18-9-10-19-20(12-18)29-13-21(23(19)27)30-17-7-5-16(24)6-8-17/h5-10,12-13,15H,2-4,11,14H2,1H3/t15-/m1/s1. The number of halogens is 1. The maximum Gasteiger partial charge on any atom is 0.260 e. The third-order valence-electron chi connectivity index (χ3n) is 5.24. The average molecular weight is 411 g/mol. The minimum absolute atomic E-state index is 0.00274. The van der Waals surface area contributed by atoms with Crippen LogP contribution >= 0.6 is 0 Å². The van der Waals surface area contributed by atoms with E-state index in [1.165, 1.54) is 30.5 Å². The van der Waals surface area contributed by atoms with Crippen molar-refractivity contribution in [1.29, 1.82) is 0 Å². The van der Waals surface area contributed by atoms with Crippen LogP contribution in [0.3, 0.4) is 0 Å². The Kier molecular flexibility index (Phi) is 5.70. The zero-order chi connectivity index (χ0) is 21.1. The van der Waals surface area contributed by atoms with Crippen LogP contribution in [0.4, 0.5) is 4.39 Å². The molecule has 1 saturated heterocycles. The van der Waals surface area contributed by atoms with Crippen molar-refractivity contribution < 1.29 is 23.1 Å². The predicted octanol–water partition coefficient (Wildman–Crippen LogP) is 4.50. The lowest BCUT2D eigenvalue weighted by Gasteiger charge is -2.33. The molecular weight excluding hydrogens is 389 g/mol. The van der Waals surface area contributed by atoms with Crippen LogP contribution in [0.5, 0.6) is 17.2 Å². The predicted molar refractivity (Wildman–Crippen MR) is 109 cm³/mol. The largest absolute Gasteiger partial charge is 0.484 e. The third kappa shape index (κ3) is 4.30. The van der Waals surface area contributed by atoms with Crippen molar-refractivity contribution in [2.24, 2.45) is 0 Å². The van der Waals surface area contributed by atoms with Gasteiger partial charge in [0.2, 0.25) is 11.2 Å². The van der Waals surface area contributed by atoms with Gasteiger partial charge in [0.15, 0.2) is 6.61 Å². The molecule has 1 atom stereocenters. The first-order valence-electron chi connectivity index (χ1n) is 9.92. The Balaban J connectivity index is 1.47. The molecule has 1 amide bonds. The average Bonchev–Trinajstić information content (AvgIpc) is 2.76. The fraction of sp³-hybridized carbons (Fsp3) is 0.304. The van der Waals surface area contributed by atoms with E-state index in [9.17, 15) is 14.0 Å². The van der Waals surface area contributed by atoms with Gasteiger partial charge in [-0.05, 0) is 62.6 Å². The number of piperidine rings is 1. The Morgan fingerprint density at radius 2 is 1.93 bits per heavy atom. The van der Waals surface area contributed by atoms with Crippen molar-refractivity contribution in [3.8, 4) is 17.2 Å². The summed E-state index contributed by atoms with van der Waals surface area (Å²) in [6, 6.07) is 10.3. The molecule has 2 aromatic carbocycles. The smallest absolute Gasteiger partial charge is 0.260 e. The van der Waals surface area contributed by atoms with Crippen LogP contribution in [0.15, 0.2) is 57.9 Å². The minimum Gasteiger partial charge on any atom is -0.484 e. The van der Waals surface area contributed by atoms with E-state index in [4.69, 9.17) is 13.9 Å². The molecule has 0 unspecified atom stereocenters. The molecule has 1 aliphatic rings. The van der Waals surface area contributed by atoms with Gasteiger partial charge in [0.05, 0.1) is 5.39 Å². The van der Waals surface area contributed by atoms with Crippen molar-refractivity contribution in [2.75, 3.05) is 13.2 Å².